The Morgan fingerprint density at radius 3 is 2.95 bits per heavy atom. The lowest BCUT2D eigenvalue weighted by Crippen LogP contribution is -2.23. The Morgan fingerprint density at radius 1 is 1.47 bits per heavy atom. The monoisotopic (exact) mass is 293 g/mol. The van der Waals surface area contributed by atoms with E-state index in [4.69, 9.17) is 0 Å². The average Bonchev–Trinajstić information content (AvgIpc) is 2.89. The summed E-state index contributed by atoms with van der Waals surface area (Å²) in [7, 11) is 1.67. The van der Waals surface area contributed by atoms with Crippen LogP contribution in [-0.2, 0) is 4.79 Å². The van der Waals surface area contributed by atoms with Crippen LogP contribution in [-0.4, -0.2) is 27.4 Å². The molecule has 1 atom stereocenters. The third kappa shape index (κ3) is 2.13. The summed E-state index contributed by atoms with van der Waals surface area (Å²) in [5.74, 6) is 0.472. The first kappa shape index (κ1) is 12.6. The molecule has 5 nitrogen and oxygen atoms in total. The molecule has 0 spiro atoms. The van der Waals surface area contributed by atoms with E-state index < -0.39 is 6.10 Å². The van der Waals surface area contributed by atoms with Crippen molar-refractivity contribution in [3.63, 3.8) is 0 Å². The van der Waals surface area contributed by atoms with E-state index in [1.165, 1.54) is 28.2 Å². The number of rotatable bonds is 2. The van der Waals surface area contributed by atoms with Gasteiger partial charge >= 0.3 is 0 Å². The van der Waals surface area contributed by atoms with Gasteiger partial charge in [0.15, 0.2) is 10.4 Å². The third-order valence-corrected chi connectivity index (χ3v) is 4.77. The second-order valence-electron chi connectivity index (χ2n) is 4.23. The maximum Gasteiger partial charge on any atom is 0.260 e. The van der Waals surface area contributed by atoms with E-state index in [-0.39, 0.29) is 5.91 Å². The zero-order valence-corrected chi connectivity index (χ0v) is 12.0. The molecule has 7 heteroatoms. The van der Waals surface area contributed by atoms with Crippen molar-refractivity contribution in [2.75, 3.05) is 11.9 Å². The minimum absolute atomic E-state index is 0.288. The van der Waals surface area contributed by atoms with Gasteiger partial charge in [-0.1, -0.05) is 17.8 Å². The molecular formula is C12H11N3O2S2. The van der Waals surface area contributed by atoms with Crippen LogP contribution in [0, 0.1) is 6.92 Å². The number of likely N-dealkylation sites (N-methyl/N-ethyl adjacent to an activating group) is 1. The number of nitrogens with zero attached hydrogens (tertiary/aromatic N) is 3. The maximum atomic E-state index is 11.7. The summed E-state index contributed by atoms with van der Waals surface area (Å²) in [5.41, 5.74) is 1.41. The van der Waals surface area contributed by atoms with Crippen molar-refractivity contribution in [2.45, 2.75) is 22.3 Å². The summed E-state index contributed by atoms with van der Waals surface area (Å²) in [6, 6.07) is 5.57. The SMILES string of the molecule is Cc1nsc(Sc2ccc3c(c2)N(C)C(=O)C3O)n1. The standard InChI is InChI=1S/C12H11N3O2S2/c1-6-13-12(19-14-6)18-7-3-4-8-9(5-7)15(2)11(17)10(8)16/h3-5,10,16H,1-2H3. The molecule has 0 bridgehead atoms. The first-order valence-electron chi connectivity index (χ1n) is 5.64. The van der Waals surface area contributed by atoms with E-state index in [1.807, 2.05) is 19.1 Å². The Morgan fingerprint density at radius 2 is 2.26 bits per heavy atom. The zero-order chi connectivity index (χ0) is 13.6. The largest absolute Gasteiger partial charge is 0.378 e. The normalized spacial score (nSPS) is 17.9. The highest BCUT2D eigenvalue weighted by Crippen LogP contribution is 2.39. The Labute approximate surface area is 118 Å². The number of carbonyl (C=O) groups excluding carboxylic acids is 1. The molecule has 0 fully saturated rings. The number of fused-ring (bicyclic) bond motifs is 1. The fourth-order valence-corrected chi connectivity index (χ4v) is 3.62. The molecule has 2 heterocycles. The molecule has 0 aliphatic carbocycles. The summed E-state index contributed by atoms with van der Waals surface area (Å²) >= 11 is 2.86. The Kier molecular flexibility index (Phi) is 3.04. The molecule has 1 aliphatic heterocycles. The van der Waals surface area contributed by atoms with E-state index in [1.54, 1.807) is 13.1 Å². The van der Waals surface area contributed by atoms with Gasteiger partial charge in [-0.25, -0.2) is 4.98 Å². The molecule has 3 rings (SSSR count). The van der Waals surface area contributed by atoms with Crippen molar-refractivity contribution in [3.8, 4) is 0 Å². The first-order valence-corrected chi connectivity index (χ1v) is 7.23. The van der Waals surface area contributed by atoms with Gasteiger partial charge in [0.2, 0.25) is 0 Å². The number of aryl methyl sites for hydroxylation is 1. The molecule has 98 valence electrons. The molecule has 1 aromatic carbocycles. The van der Waals surface area contributed by atoms with Gasteiger partial charge in [0.05, 0.1) is 5.69 Å². The fraction of sp³-hybridized carbons (Fsp3) is 0.250. The predicted octanol–water partition coefficient (Wildman–Crippen LogP) is 2.01. The Bertz CT molecular complexity index is 656. The van der Waals surface area contributed by atoms with Gasteiger partial charge in [-0.05, 0) is 30.6 Å². The number of hydrogen-bond acceptors (Lipinski definition) is 6. The van der Waals surface area contributed by atoms with E-state index >= 15 is 0 Å². The minimum atomic E-state index is -1.04. The number of aromatic nitrogens is 2. The van der Waals surface area contributed by atoms with Crippen LogP contribution in [0.4, 0.5) is 5.69 Å². The first-order chi connectivity index (χ1) is 9.06. The van der Waals surface area contributed by atoms with Crippen LogP contribution in [0.3, 0.4) is 0 Å². The topological polar surface area (TPSA) is 66.3 Å². The van der Waals surface area contributed by atoms with Crippen LogP contribution in [0.2, 0.25) is 0 Å². The number of hydrogen-bond donors (Lipinski definition) is 1. The van der Waals surface area contributed by atoms with E-state index in [0.717, 1.165) is 20.7 Å². The summed E-state index contributed by atoms with van der Waals surface area (Å²) in [4.78, 5) is 18.4. The van der Waals surface area contributed by atoms with Crippen molar-refractivity contribution < 1.29 is 9.90 Å². The van der Waals surface area contributed by atoms with Gasteiger partial charge in [0.1, 0.15) is 5.82 Å². The number of carbonyl (C=O) groups is 1. The van der Waals surface area contributed by atoms with E-state index in [2.05, 4.69) is 9.36 Å². The predicted molar refractivity (Wildman–Crippen MR) is 73.6 cm³/mol. The zero-order valence-electron chi connectivity index (χ0n) is 10.3. The van der Waals surface area contributed by atoms with Gasteiger partial charge in [0, 0.05) is 17.5 Å². The van der Waals surface area contributed by atoms with E-state index in [9.17, 15) is 9.90 Å². The molecule has 1 unspecified atom stereocenters. The number of anilines is 1. The molecule has 1 aliphatic rings. The molecule has 1 amide bonds. The maximum absolute atomic E-state index is 11.7. The highest BCUT2D eigenvalue weighted by molar-refractivity contribution is 8.01. The molecule has 1 aromatic heterocycles. The van der Waals surface area contributed by atoms with Crippen molar-refractivity contribution >= 4 is 34.9 Å². The van der Waals surface area contributed by atoms with Gasteiger partial charge in [-0.15, -0.1) is 0 Å². The quantitative estimate of drug-likeness (QED) is 0.917. The minimum Gasteiger partial charge on any atom is -0.378 e. The van der Waals surface area contributed by atoms with Crippen LogP contribution < -0.4 is 4.90 Å². The lowest BCUT2D eigenvalue weighted by atomic mass is 10.1. The number of aliphatic hydroxyl groups excluding tert-OH is 1. The van der Waals surface area contributed by atoms with Gasteiger partial charge in [-0.2, -0.15) is 4.37 Å². The lowest BCUT2D eigenvalue weighted by Gasteiger charge is -2.10. The van der Waals surface area contributed by atoms with Crippen molar-refractivity contribution in [3.05, 3.63) is 29.6 Å². The Hall–Kier alpha value is -1.44. The van der Waals surface area contributed by atoms with Gasteiger partial charge < -0.3 is 10.0 Å². The second-order valence-corrected chi connectivity index (χ2v) is 6.30. The number of benzene rings is 1. The number of aliphatic hydroxyl groups is 1. The van der Waals surface area contributed by atoms with Crippen LogP contribution in [0.15, 0.2) is 27.4 Å². The highest BCUT2D eigenvalue weighted by Gasteiger charge is 2.33. The molecule has 0 saturated heterocycles. The summed E-state index contributed by atoms with van der Waals surface area (Å²) < 4.78 is 5.00. The summed E-state index contributed by atoms with van der Waals surface area (Å²) in [5, 5.41) is 9.79. The number of amides is 1. The lowest BCUT2D eigenvalue weighted by molar-refractivity contribution is -0.125. The molecule has 2 aromatic rings. The van der Waals surface area contributed by atoms with Crippen LogP contribution in [0.5, 0.6) is 0 Å². The summed E-state index contributed by atoms with van der Waals surface area (Å²) in [6.45, 7) is 1.85. The van der Waals surface area contributed by atoms with Gasteiger partial charge in [-0.3, -0.25) is 4.79 Å². The van der Waals surface area contributed by atoms with E-state index in [0.29, 0.717) is 5.56 Å². The molecule has 0 saturated carbocycles. The van der Waals surface area contributed by atoms with Crippen molar-refractivity contribution in [1.82, 2.24) is 9.36 Å². The van der Waals surface area contributed by atoms with Crippen molar-refractivity contribution in [1.29, 1.82) is 0 Å². The average molecular weight is 293 g/mol. The molecule has 19 heavy (non-hydrogen) atoms. The second kappa shape index (κ2) is 4.59. The molecule has 1 N–H and O–H groups in total. The third-order valence-electron chi connectivity index (χ3n) is 2.94. The smallest absolute Gasteiger partial charge is 0.260 e. The van der Waals surface area contributed by atoms with Crippen molar-refractivity contribution in [2.24, 2.45) is 0 Å². The van der Waals surface area contributed by atoms with Crippen LogP contribution >= 0.6 is 23.3 Å². The molecular weight excluding hydrogens is 282 g/mol. The highest BCUT2D eigenvalue weighted by atomic mass is 32.2. The van der Waals surface area contributed by atoms with Crippen LogP contribution in [0.1, 0.15) is 17.5 Å². The van der Waals surface area contributed by atoms with Crippen LogP contribution in [0.25, 0.3) is 0 Å². The Balaban J connectivity index is 1.92. The van der Waals surface area contributed by atoms with Gasteiger partial charge in [0.25, 0.3) is 5.91 Å². The fourth-order valence-electron chi connectivity index (χ4n) is 1.96. The molecule has 0 radical (unpaired) electrons. The summed E-state index contributed by atoms with van der Waals surface area (Å²) in [6.07, 6.45) is -1.04.